The van der Waals surface area contributed by atoms with Crippen LogP contribution in [0.25, 0.3) is 0 Å². The van der Waals surface area contributed by atoms with E-state index in [2.05, 4.69) is 21.0 Å². The average molecular weight is 268 g/mol. The van der Waals surface area contributed by atoms with Crippen LogP contribution in [0.3, 0.4) is 0 Å². The number of hydrogen-bond acceptors (Lipinski definition) is 2. The lowest BCUT2D eigenvalue weighted by atomic mass is 10.3. The van der Waals surface area contributed by atoms with Crippen molar-refractivity contribution >= 4 is 15.9 Å². The second-order valence-corrected chi connectivity index (χ2v) is 3.05. The fourth-order valence-electron chi connectivity index (χ4n) is 0.953. The van der Waals surface area contributed by atoms with Gasteiger partial charge in [-0.25, -0.2) is 0 Å². The van der Waals surface area contributed by atoms with Gasteiger partial charge in [-0.15, -0.1) is 0 Å². The van der Waals surface area contributed by atoms with Gasteiger partial charge in [0.1, 0.15) is 6.54 Å². The largest absolute Gasteiger partial charge is 0.435 e. The Kier molecular flexibility index (Phi) is 3.16. The van der Waals surface area contributed by atoms with E-state index in [0.29, 0.717) is 0 Å². The van der Waals surface area contributed by atoms with Crippen LogP contribution < -0.4 is 0 Å². The van der Waals surface area contributed by atoms with Gasteiger partial charge < -0.3 is 0 Å². The van der Waals surface area contributed by atoms with Crippen LogP contribution in [0.4, 0.5) is 13.2 Å². The molecule has 0 radical (unpaired) electrons. The fraction of sp³-hybridized carbons (Fsp3) is 0.429. The quantitative estimate of drug-likeness (QED) is 0.772. The molecule has 0 saturated carbocycles. The molecule has 0 spiro atoms. The van der Waals surface area contributed by atoms with Crippen molar-refractivity contribution in [1.82, 2.24) is 9.78 Å². The van der Waals surface area contributed by atoms with Crippen LogP contribution in [0.2, 0.25) is 0 Å². The molecule has 0 N–H and O–H groups in total. The Hall–Kier alpha value is -1.03. The van der Waals surface area contributed by atoms with Gasteiger partial charge >= 0.3 is 6.18 Å². The summed E-state index contributed by atoms with van der Waals surface area (Å²) in [5.41, 5.74) is -0.905. The molecule has 0 atom stereocenters. The summed E-state index contributed by atoms with van der Waals surface area (Å²) < 4.78 is 37.9. The lowest BCUT2D eigenvalue weighted by molar-refractivity contribution is -0.141. The monoisotopic (exact) mass is 267 g/mol. The van der Waals surface area contributed by atoms with Crippen molar-refractivity contribution < 1.29 is 13.2 Å². The Morgan fingerprint density at radius 3 is 2.57 bits per heavy atom. The highest BCUT2D eigenvalue weighted by atomic mass is 79.9. The molecule has 3 nitrogen and oxygen atoms in total. The first kappa shape index (κ1) is 11.0. The maximum Gasteiger partial charge on any atom is 0.435 e. The molecule has 0 bridgehead atoms. The predicted octanol–water partition coefficient (Wildman–Crippen LogP) is 2.32. The molecule has 14 heavy (non-hydrogen) atoms. The zero-order valence-electron chi connectivity index (χ0n) is 6.85. The minimum Gasteiger partial charge on any atom is -0.258 e. The maximum absolute atomic E-state index is 12.3. The standard InChI is InChI=1S/C7H5BrF3N3/c8-3-5-4-14(2-1-12)13-6(5)7(9,10)11/h4H,2-3H2. The minimum absolute atomic E-state index is 0.0350. The van der Waals surface area contributed by atoms with E-state index in [1.54, 1.807) is 6.07 Å². The Bertz CT molecular complexity index is 363. The number of alkyl halides is 4. The third-order valence-corrected chi connectivity index (χ3v) is 2.09. The molecule has 0 aliphatic rings. The highest BCUT2D eigenvalue weighted by Crippen LogP contribution is 2.31. The van der Waals surface area contributed by atoms with Crippen molar-refractivity contribution in [1.29, 1.82) is 5.26 Å². The van der Waals surface area contributed by atoms with Crippen LogP contribution in [0.5, 0.6) is 0 Å². The molecule has 1 heterocycles. The Labute approximate surface area is 86.3 Å². The summed E-state index contributed by atoms with van der Waals surface area (Å²) in [5.74, 6) is 0. The molecule has 0 aliphatic heterocycles. The summed E-state index contributed by atoms with van der Waals surface area (Å²) in [6, 6.07) is 1.72. The molecular weight excluding hydrogens is 263 g/mol. The summed E-state index contributed by atoms with van der Waals surface area (Å²) in [7, 11) is 0. The first-order valence-electron chi connectivity index (χ1n) is 3.55. The zero-order valence-corrected chi connectivity index (χ0v) is 8.43. The summed E-state index contributed by atoms with van der Waals surface area (Å²) >= 11 is 2.93. The van der Waals surface area contributed by atoms with Crippen LogP contribution in [0.1, 0.15) is 11.3 Å². The molecule has 0 saturated heterocycles. The van der Waals surface area contributed by atoms with Crippen molar-refractivity contribution in [2.45, 2.75) is 18.1 Å². The summed E-state index contributed by atoms with van der Waals surface area (Å²) in [6.45, 7) is -0.184. The van der Waals surface area contributed by atoms with Crippen LogP contribution in [0, 0.1) is 11.3 Å². The van der Waals surface area contributed by atoms with E-state index in [-0.39, 0.29) is 17.4 Å². The molecule has 1 aromatic rings. The van der Waals surface area contributed by atoms with Crippen molar-refractivity contribution in [2.75, 3.05) is 0 Å². The number of hydrogen-bond donors (Lipinski definition) is 0. The zero-order chi connectivity index (χ0) is 10.8. The molecule has 1 rings (SSSR count). The Morgan fingerprint density at radius 1 is 1.57 bits per heavy atom. The van der Waals surface area contributed by atoms with Gasteiger partial charge in [0.25, 0.3) is 0 Å². The van der Waals surface area contributed by atoms with Crippen molar-refractivity contribution in [3.8, 4) is 6.07 Å². The molecule has 0 fully saturated rings. The van der Waals surface area contributed by atoms with E-state index in [9.17, 15) is 13.2 Å². The van der Waals surface area contributed by atoms with Gasteiger partial charge in [-0.05, 0) is 0 Å². The number of nitriles is 1. The Balaban J connectivity index is 3.10. The van der Waals surface area contributed by atoms with Crippen molar-refractivity contribution in [3.05, 3.63) is 17.5 Å². The van der Waals surface area contributed by atoms with E-state index in [0.717, 1.165) is 4.68 Å². The van der Waals surface area contributed by atoms with E-state index in [4.69, 9.17) is 5.26 Å². The van der Waals surface area contributed by atoms with Gasteiger partial charge in [-0.1, -0.05) is 15.9 Å². The topological polar surface area (TPSA) is 41.6 Å². The van der Waals surface area contributed by atoms with Gasteiger partial charge in [-0.3, -0.25) is 4.68 Å². The van der Waals surface area contributed by atoms with Gasteiger partial charge in [0.15, 0.2) is 5.69 Å². The van der Waals surface area contributed by atoms with Crippen molar-refractivity contribution in [2.24, 2.45) is 0 Å². The SMILES string of the molecule is N#CCn1cc(CBr)c(C(F)(F)F)n1. The molecular formula is C7H5BrF3N3. The van der Waals surface area contributed by atoms with Crippen LogP contribution in [-0.4, -0.2) is 9.78 Å². The van der Waals surface area contributed by atoms with E-state index < -0.39 is 11.9 Å². The first-order valence-corrected chi connectivity index (χ1v) is 4.67. The second-order valence-electron chi connectivity index (χ2n) is 2.49. The number of nitrogens with zero attached hydrogens (tertiary/aromatic N) is 3. The van der Waals surface area contributed by atoms with E-state index in [1.807, 2.05) is 0 Å². The highest BCUT2D eigenvalue weighted by Gasteiger charge is 2.36. The van der Waals surface area contributed by atoms with Gasteiger partial charge in [0.2, 0.25) is 0 Å². The van der Waals surface area contributed by atoms with Crippen LogP contribution >= 0.6 is 15.9 Å². The molecule has 0 aromatic carbocycles. The molecule has 0 aliphatic carbocycles. The number of rotatable bonds is 2. The van der Waals surface area contributed by atoms with Gasteiger partial charge in [-0.2, -0.15) is 23.5 Å². The highest BCUT2D eigenvalue weighted by molar-refractivity contribution is 9.08. The number of aromatic nitrogens is 2. The van der Waals surface area contributed by atoms with E-state index in [1.165, 1.54) is 6.20 Å². The molecule has 0 amide bonds. The van der Waals surface area contributed by atoms with E-state index >= 15 is 0 Å². The van der Waals surface area contributed by atoms with Crippen LogP contribution in [-0.2, 0) is 18.1 Å². The smallest absolute Gasteiger partial charge is 0.258 e. The summed E-state index contributed by atoms with van der Waals surface area (Å²) in [4.78, 5) is 0. The summed E-state index contributed by atoms with van der Waals surface area (Å²) in [5, 5.41) is 11.6. The first-order chi connectivity index (χ1) is 6.49. The molecule has 0 unspecified atom stereocenters. The minimum atomic E-state index is -4.47. The fourth-order valence-corrected chi connectivity index (χ4v) is 1.36. The third kappa shape index (κ3) is 2.26. The Morgan fingerprint density at radius 2 is 2.21 bits per heavy atom. The molecule has 1 aromatic heterocycles. The number of halogens is 4. The second kappa shape index (κ2) is 4.00. The van der Waals surface area contributed by atoms with Gasteiger partial charge in [0.05, 0.1) is 6.07 Å². The maximum atomic E-state index is 12.3. The average Bonchev–Trinajstić information content (AvgIpc) is 2.47. The predicted molar refractivity (Wildman–Crippen MR) is 45.5 cm³/mol. The van der Waals surface area contributed by atoms with Crippen LogP contribution in [0.15, 0.2) is 6.20 Å². The van der Waals surface area contributed by atoms with Crippen molar-refractivity contribution in [3.63, 3.8) is 0 Å². The third-order valence-electron chi connectivity index (χ3n) is 1.48. The lowest BCUT2D eigenvalue weighted by Crippen LogP contribution is -2.09. The lowest BCUT2D eigenvalue weighted by Gasteiger charge is -2.02. The van der Waals surface area contributed by atoms with Gasteiger partial charge in [0, 0.05) is 17.1 Å². The summed E-state index contributed by atoms with van der Waals surface area (Å²) in [6.07, 6.45) is -3.26. The molecule has 76 valence electrons. The molecule has 7 heteroatoms. The normalized spacial score (nSPS) is 11.4.